The van der Waals surface area contributed by atoms with E-state index in [0.29, 0.717) is 16.3 Å². The van der Waals surface area contributed by atoms with Gasteiger partial charge in [-0.1, -0.05) is 43.0 Å². The molecule has 2 amide bonds. The van der Waals surface area contributed by atoms with Crippen molar-refractivity contribution >= 4 is 58.4 Å². The van der Waals surface area contributed by atoms with Gasteiger partial charge in [0.15, 0.2) is 0 Å². The van der Waals surface area contributed by atoms with Gasteiger partial charge in [0.2, 0.25) is 11.0 Å². The number of β-lactam (4-membered cyclic amide) rings is 1. The number of aromatic nitrogens is 2. The summed E-state index contributed by atoms with van der Waals surface area (Å²) in [6.07, 6.45) is 1.61. The number of rotatable bonds is 5. The predicted molar refractivity (Wildman–Crippen MR) is 106 cm³/mol. The number of amides is 2. The average molecular weight is 419 g/mol. The number of fused-ring (bicyclic) bond motifs is 1. The van der Waals surface area contributed by atoms with E-state index in [0.717, 1.165) is 5.56 Å². The van der Waals surface area contributed by atoms with Crippen LogP contribution in [0.3, 0.4) is 0 Å². The number of benzene rings is 1. The van der Waals surface area contributed by atoms with Crippen molar-refractivity contribution in [3.63, 3.8) is 0 Å². The van der Waals surface area contributed by atoms with Crippen LogP contribution in [0, 0.1) is 0 Å². The molecule has 1 N–H and O–H groups in total. The van der Waals surface area contributed by atoms with E-state index < -0.39 is 11.2 Å². The summed E-state index contributed by atoms with van der Waals surface area (Å²) in [5.41, 5.74) is 1.76. The SMILES string of the molecule is O=C(Cc1ccccc1)N[C@@H]1C(=O)N2C(C(=O)S)=C(c3ncns3)CS[C@H]12. The molecule has 138 valence electrons. The quantitative estimate of drug-likeness (QED) is 0.563. The molecule has 0 bridgehead atoms. The first kappa shape index (κ1) is 18.2. The molecule has 0 spiro atoms. The normalized spacial score (nSPS) is 21.5. The zero-order valence-corrected chi connectivity index (χ0v) is 16.4. The largest absolute Gasteiger partial charge is 0.341 e. The van der Waals surface area contributed by atoms with Gasteiger partial charge in [-0.05, 0) is 17.1 Å². The fourth-order valence-corrected chi connectivity index (χ4v) is 5.34. The molecule has 2 atom stereocenters. The maximum Gasteiger partial charge on any atom is 0.253 e. The fourth-order valence-electron chi connectivity index (χ4n) is 3.09. The molecule has 4 rings (SSSR count). The second-order valence-electron chi connectivity index (χ2n) is 6.00. The first-order valence-corrected chi connectivity index (χ1v) is 10.3. The van der Waals surface area contributed by atoms with E-state index in [1.165, 1.54) is 34.5 Å². The molecule has 1 aromatic heterocycles. The van der Waals surface area contributed by atoms with E-state index in [1.807, 2.05) is 30.3 Å². The maximum atomic E-state index is 12.7. The van der Waals surface area contributed by atoms with Crippen molar-refractivity contribution in [1.82, 2.24) is 19.6 Å². The first-order valence-electron chi connectivity index (χ1n) is 8.07. The topological polar surface area (TPSA) is 92.3 Å². The third-order valence-electron chi connectivity index (χ3n) is 4.31. The fraction of sp³-hybridized carbons (Fsp3) is 0.235. The van der Waals surface area contributed by atoms with Crippen molar-refractivity contribution < 1.29 is 14.4 Å². The van der Waals surface area contributed by atoms with E-state index in [9.17, 15) is 14.4 Å². The molecule has 27 heavy (non-hydrogen) atoms. The van der Waals surface area contributed by atoms with Gasteiger partial charge in [-0.15, -0.1) is 11.8 Å². The molecule has 1 aromatic carbocycles. The zero-order chi connectivity index (χ0) is 19.0. The van der Waals surface area contributed by atoms with Gasteiger partial charge in [-0.3, -0.25) is 19.3 Å². The van der Waals surface area contributed by atoms with Crippen LogP contribution in [-0.2, 0) is 20.8 Å². The molecule has 0 radical (unpaired) electrons. The molecule has 3 heterocycles. The third-order valence-corrected chi connectivity index (χ3v) is 6.53. The Morgan fingerprint density at radius 1 is 1.30 bits per heavy atom. The molecule has 0 saturated carbocycles. The van der Waals surface area contributed by atoms with Crippen LogP contribution in [0.5, 0.6) is 0 Å². The molecule has 2 aromatic rings. The van der Waals surface area contributed by atoms with E-state index in [1.54, 1.807) is 0 Å². The Kier molecular flexibility index (Phi) is 5.02. The van der Waals surface area contributed by atoms with E-state index in [-0.39, 0.29) is 29.3 Å². The molecule has 7 nitrogen and oxygen atoms in total. The highest BCUT2D eigenvalue weighted by molar-refractivity contribution is 8.00. The Labute approximate surface area is 168 Å². The summed E-state index contributed by atoms with van der Waals surface area (Å²) in [6, 6.07) is 8.67. The average Bonchev–Trinajstić information content (AvgIpc) is 3.20. The van der Waals surface area contributed by atoms with Crippen molar-refractivity contribution in [3.8, 4) is 0 Å². The van der Waals surface area contributed by atoms with Crippen molar-refractivity contribution in [2.24, 2.45) is 0 Å². The summed E-state index contributed by atoms with van der Waals surface area (Å²) in [4.78, 5) is 42.6. The van der Waals surface area contributed by atoms with Crippen LogP contribution in [0.2, 0.25) is 0 Å². The minimum atomic E-state index is -0.648. The molecule has 10 heteroatoms. The molecule has 1 fully saturated rings. The van der Waals surface area contributed by atoms with Gasteiger partial charge in [0.25, 0.3) is 5.91 Å². The number of hydrogen-bond donors (Lipinski definition) is 2. The van der Waals surface area contributed by atoms with Gasteiger partial charge >= 0.3 is 0 Å². The Morgan fingerprint density at radius 2 is 2.07 bits per heavy atom. The molecule has 0 unspecified atom stereocenters. The second kappa shape index (κ2) is 7.45. The van der Waals surface area contributed by atoms with Crippen LogP contribution in [0.4, 0.5) is 0 Å². The van der Waals surface area contributed by atoms with Gasteiger partial charge < -0.3 is 5.32 Å². The Hall–Kier alpha value is -2.17. The van der Waals surface area contributed by atoms with Crippen molar-refractivity contribution in [2.75, 3.05) is 5.75 Å². The summed E-state index contributed by atoms with van der Waals surface area (Å²) in [5, 5.41) is 2.58. The monoisotopic (exact) mass is 418 g/mol. The smallest absolute Gasteiger partial charge is 0.253 e. The molecule has 2 aliphatic heterocycles. The lowest BCUT2D eigenvalue weighted by molar-refractivity contribution is -0.146. The summed E-state index contributed by atoms with van der Waals surface area (Å²) in [7, 11) is 0. The van der Waals surface area contributed by atoms with Gasteiger partial charge in [0, 0.05) is 11.3 Å². The lowest BCUT2D eigenvalue weighted by Gasteiger charge is -2.49. The lowest BCUT2D eigenvalue weighted by Crippen LogP contribution is -2.70. The number of carbonyl (C=O) groups excluding carboxylic acids is 3. The minimum absolute atomic E-state index is 0.201. The number of nitrogens with zero attached hydrogens (tertiary/aromatic N) is 3. The van der Waals surface area contributed by atoms with Gasteiger partial charge in [-0.25, -0.2) is 4.98 Å². The summed E-state index contributed by atoms with van der Waals surface area (Å²) >= 11 is 6.59. The van der Waals surface area contributed by atoms with Crippen molar-refractivity contribution in [3.05, 3.63) is 52.9 Å². The number of thioether (sulfide) groups is 1. The number of nitrogens with one attached hydrogen (secondary N) is 1. The predicted octanol–water partition coefficient (Wildman–Crippen LogP) is 1.35. The number of thiol groups is 1. The Balaban J connectivity index is 1.51. The summed E-state index contributed by atoms with van der Waals surface area (Å²) in [6.45, 7) is 0. The summed E-state index contributed by atoms with van der Waals surface area (Å²) < 4.78 is 3.96. The Bertz CT molecular complexity index is 930. The van der Waals surface area contributed by atoms with Crippen LogP contribution in [0.1, 0.15) is 10.6 Å². The van der Waals surface area contributed by atoms with E-state index in [2.05, 4.69) is 27.3 Å². The van der Waals surface area contributed by atoms with Crippen LogP contribution in [-0.4, -0.2) is 48.4 Å². The highest BCUT2D eigenvalue weighted by Gasteiger charge is 2.54. The van der Waals surface area contributed by atoms with Gasteiger partial charge in [-0.2, -0.15) is 4.37 Å². The van der Waals surface area contributed by atoms with E-state index in [4.69, 9.17) is 0 Å². The second-order valence-corrected chi connectivity index (χ2v) is 8.29. The maximum absolute atomic E-state index is 12.7. The Morgan fingerprint density at radius 3 is 2.74 bits per heavy atom. The zero-order valence-electron chi connectivity index (χ0n) is 13.9. The van der Waals surface area contributed by atoms with Crippen LogP contribution in [0.15, 0.2) is 42.4 Å². The molecular formula is C17H14N4O3S3. The van der Waals surface area contributed by atoms with Crippen molar-refractivity contribution in [1.29, 1.82) is 0 Å². The first-order chi connectivity index (χ1) is 13.1. The van der Waals surface area contributed by atoms with Gasteiger partial charge in [0.05, 0.1) is 6.42 Å². The van der Waals surface area contributed by atoms with Crippen LogP contribution < -0.4 is 5.32 Å². The van der Waals surface area contributed by atoms with Crippen molar-refractivity contribution in [2.45, 2.75) is 17.8 Å². The summed E-state index contributed by atoms with van der Waals surface area (Å²) in [5.74, 6) is -0.0402. The van der Waals surface area contributed by atoms with Gasteiger partial charge in [0.1, 0.15) is 28.4 Å². The molecule has 0 aliphatic carbocycles. The third kappa shape index (κ3) is 3.40. The number of carbonyl (C=O) groups is 3. The van der Waals surface area contributed by atoms with E-state index >= 15 is 0 Å². The molecule has 2 aliphatic rings. The molecule has 1 saturated heterocycles. The lowest BCUT2D eigenvalue weighted by atomic mass is 10.0. The minimum Gasteiger partial charge on any atom is -0.341 e. The van der Waals surface area contributed by atoms with Crippen LogP contribution >= 0.6 is 35.9 Å². The van der Waals surface area contributed by atoms with Crippen LogP contribution in [0.25, 0.3) is 5.57 Å². The number of hydrogen-bond acceptors (Lipinski definition) is 7. The molecular weight excluding hydrogens is 404 g/mol. The standard InChI is InChI=1S/C17H14N4O3S3/c22-11(6-9-4-2-1-3-5-9)20-12-15(23)21-13(17(24)25)10(7-26-16(12)21)14-18-8-19-27-14/h1-5,8,12,16H,6-7H2,(H,20,22)(H,24,25)/t12-,16-/m1/s1. The highest BCUT2D eigenvalue weighted by atomic mass is 32.2. The highest BCUT2D eigenvalue weighted by Crippen LogP contribution is 2.43.